The van der Waals surface area contributed by atoms with Gasteiger partial charge in [0, 0.05) is 6.04 Å². The van der Waals surface area contributed by atoms with Crippen LogP contribution >= 0.6 is 0 Å². The van der Waals surface area contributed by atoms with Crippen LogP contribution in [-0.2, 0) is 4.74 Å². The predicted molar refractivity (Wildman–Crippen MR) is 55.9 cm³/mol. The molecule has 1 saturated carbocycles. The second-order valence-electron chi connectivity index (χ2n) is 4.77. The second kappa shape index (κ2) is 4.67. The molecule has 0 bridgehead atoms. The van der Waals surface area contributed by atoms with Crippen molar-refractivity contribution >= 4 is 6.09 Å². The number of nitrogens with one attached hydrogen (secondary N) is 1. The average Bonchev–Trinajstić information content (AvgIpc) is 2.02. The Hall–Kier alpha value is -0.730. The summed E-state index contributed by atoms with van der Waals surface area (Å²) in [5.74, 6) is 0. The van der Waals surface area contributed by atoms with Gasteiger partial charge in [-0.3, -0.25) is 0 Å². The quantitative estimate of drug-likeness (QED) is 0.703. The summed E-state index contributed by atoms with van der Waals surface area (Å²) in [6.45, 7) is 5.62. The van der Waals surface area contributed by atoms with Crippen molar-refractivity contribution in [1.29, 1.82) is 0 Å². The van der Waals surface area contributed by atoms with Gasteiger partial charge in [-0.15, -0.1) is 0 Å². The Kier molecular flexibility index (Phi) is 3.78. The van der Waals surface area contributed by atoms with Crippen molar-refractivity contribution in [3.63, 3.8) is 0 Å². The Morgan fingerprint density at radius 1 is 1.43 bits per heavy atom. The summed E-state index contributed by atoms with van der Waals surface area (Å²) >= 11 is 0. The van der Waals surface area contributed by atoms with E-state index in [0.717, 1.165) is 12.8 Å². The van der Waals surface area contributed by atoms with Crippen molar-refractivity contribution in [3.8, 4) is 0 Å². The van der Waals surface area contributed by atoms with E-state index in [0.29, 0.717) is 0 Å². The van der Waals surface area contributed by atoms with Gasteiger partial charge in [0.15, 0.2) is 0 Å². The van der Waals surface area contributed by atoms with E-state index >= 15 is 0 Å². The second-order valence-corrected chi connectivity index (χ2v) is 4.77. The molecule has 1 N–H and O–H groups in total. The molecule has 0 saturated heterocycles. The third kappa shape index (κ3) is 4.49. The van der Waals surface area contributed by atoms with Crippen LogP contribution in [-0.4, -0.2) is 17.7 Å². The molecule has 0 aliphatic heterocycles. The highest BCUT2D eigenvalue weighted by atomic mass is 16.6. The van der Waals surface area contributed by atoms with Crippen LogP contribution in [0.5, 0.6) is 0 Å². The fourth-order valence-corrected chi connectivity index (χ4v) is 1.54. The van der Waals surface area contributed by atoms with E-state index in [1.165, 1.54) is 12.8 Å². The van der Waals surface area contributed by atoms with Crippen LogP contribution in [0.2, 0.25) is 0 Å². The molecule has 1 rings (SSSR count). The lowest BCUT2D eigenvalue weighted by Gasteiger charge is -2.25. The van der Waals surface area contributed by atoms with Crippen LogP contribution in [0.4, 0.5) is 4.79 Å². The van der Waals surface area contributed by atoms with Gasteiger partial charge in [0.25, 0.3) is 0 Å². The van der Waals surface area contributed by atoms with Crippen molar-refractivity contribution in [1.82, 2.24) is 5.32 Å². The zero-order chi connectivity index (χ0) is 10.6. The van der Waals surface area contributed by atoms with Crippen LogP contribution in [0.15, 0.2) is 0 Å². The fourth-order valence-electron chi connectivity index (χ4n) is 1.54. The Balaban J connectivity index is 2.25. The largest absolute Gasteiger partial charge is 0.444 e. The van der Waals surface area contributed by atoms with Gasteiger partial charge in [-0.2, -0.15) is 0 Å². The molecule has 14 heavy (non-hydrogen) atoms. The van der Waals surface area contributed by atoms with Gasteiger partial charge in [-0.1, -0.05) is 12.8 Å². The Labute approximate surface area is 86.2 Å². The number of carbonyl (C=O) groups excluding carboxylic acids is 1. The highest BCUT2D eigenvalue weighted by molar-refractivity contribution is 5.68. The monoisotopic (exact) mass is 198 g/mol. The van der Waals surface area contributed by atoms with Crippen molar-refractivity contribution in [3.05, 3.63) is 6.42 Å². The SMILES string of the molecule is CC(C)(C)OC(=O)N[C@H]1[CH]CCCC1. The molecule has 1 aliphatic rings. The zero-order valence-electron chi connectivity index (χ0n) is 9.30. The number of hydrogen-bond donors (Lipinski definition) is 1. The molecule has 81 valence electrons. The predicted octanol–water partition coefficient (Wildman–Crippen LogP) is 2.66. The summed E-state index contributed by atoms with van der Waals surface area (Å²) in [5.41, 5.74) is -0.404. The fraction of sp³-hybridized carbons (Fsp3) is 0.818. The molecule has 0 unspecified atom stereocenters. The van der Waals surface area contributed by atoms with Crippen molar-refractivity contribution in [2.75, 3.05) is 0 Å². The number of carbonyl (C=O) groups is 1. The topological polar surface area (TPSA) is 38.3 Å². The molecule has 3 heteroatoms. The van der Waals surface area contributed by atoms with Crippen molar-refractivity contribution < 1.29 is 9.53 Å². The Morgan fingerprint density at radius 3 is 2.64 bits per heavy atom. The van der Waals surface area contributed by atoms with E-state index in [9.17, 15) is 4.79 Å². The first-order valence-electron chi connectivity index (χ1n) is 5.30. The summed E-state index contributed by atoms with van der Waals surface area (Å²) in [5, 5.41) is 2.86. The maximum Gasteiger partial charge on any atom is 0.407 e. The highest BCUT2D eigenvalue weighted by Gasteiger charge is 2.20. The lowest BCUT2D eigenvalue weighted by atomic mass is 9.96. The van der Waals surface area contributed by atoms with E-state index in [1.807, 2.05) is 20.8 Å². The van der Waals surface area contributed by atoms with Crippen LogP contribution in [0.1, 0.15) is 46.5 Å². The Morgan fingerprint density at radius 2 is 2.14 bits per heavy atom. The number of ether oxygens (including phenoxy) is 1. The number of rotatable bonds is 1. The molecule has 1 aliphatic carbocycles. The maximum absolute atomic E-state index is 11.4. The van der Waals surface area contributed by atoms with Crippen LogP contribution < -0.4 is 5.32 Å². The first kappa shape index (κ1) is 11.3. The van der Waals surface area contributed by atoms with Gasteiger partial charge < -0.3 is 10.1 Å². The summed E-state index contributed by atoms with van der Waals surface area (Å²) in [7, 11) is 0. The average molecular weight is 198 g/mol. The minimum absolute atomic E-state index is 0.207. The van der Waals surface area contributed by atoms with Gasteiger partial charge in [0.2, 0.25) is 0 Å². The van der Waals surface area contributed by atoms with E-state index in [4.69, 9.17) is 4.74 Å². The molecule has 0 aromatic heterocycles. The lowest BCUT2D eigenvalue weighted by molar-refractivity contribution is 0.0505. The van der Waals surface area contributed by atoms with Gasteiger partial charge in [-0.05, 0) is 40.0 Å². The smallest absolute Gasteiger partial charge is 0.407 e. The third-order valence-corrected chi connectivity index (χ3v) is 2.12. The van der Waals surface area contributed by atoms with Gasteiger partial charge >= 0.3 is 6.09 Å². The number of amides is 1. The van der Waals surface area contributed by atoms with E-state index in [2.05, 4.69) is 11.7 Å². The third-order valence-electron chi connectivity index (χ3n) is 2.12. The van der Waals surface area contributed by atoms with Crippen molar-refractivity contribution in [2.24, 2.45) is 0 Å². The molecular formula is C11H20NO2. The lowest BCUT2D eigenvalue weighted by Crippen LogP contribution is -2.40. The van der Waals surface area contributed by atoms with Gasteiger partial charge in [0.05, 0.1) is 0 Å². The molecule has 1 amide bonds. The normalized spacial score (nSPS) is 19.1. The molecule has 0 aromatic rings. The van der Waals surface area contributed by atoms with Crippen LogP contribution in [0.3, 0.4) is 0 Å². The highest BCUT2D eigenvalue weighted by Crippen LogP contribution is 2.17. The first-order chi connectivity index (χ1) is 6.47. The summed E-state index contributed by atoms with van der Waals surface area (Å²) in [4.78, 5) is 11.4. The molecule has 1 radical (unpaired) electrons. The standard InChI is InChI=1S/C11H20NO2/c1-11(2,3)14-10(13)12-9-7-5-4-6-8-9/h7,9H,4-6,8H2,1-3H3,(H,12,13)/t9-/m0/s1. The molecule has 0 spiro atoms. The molecular weight excluding hydrogens is 178 g/mol. The summed E-state index contributed by atoms with van der Waals surface area (Å²) in [6, 6.07) is 0.207. The molecule has 1 atom stereocenters. The molecule has 1 fully saturated rings. The van der Waals surface area contributed by atoms with Crippen molar-refractivity contribution in [2.45, 2.75) is 58.1 Å². The van der Waals surface area contributed by atoms with Crippen LogP contribution in [0.25, 0.3) is 0 Å². The minimum atomic E-state index is -0.404. The maximum atomic E-state index is 11.4. The van der Waals surface area contributed by atoms with E-state index in [-0.39, 0.29) is 12.1 Å². The number of alkyl carbamates (subject to hydrolysis) is 1. The van der Waals surface area contributed by atoms with Gasteiger partial charge in [-0.25, -0.2) is 4.79 Å². The zero-order valence-corrected chi connectivity index (χ0v) is 9.30. The minimum Gasteiger partial charge on any atom is -0.444 e. The van der Waals surface area contributed by atoms with E-state index < -0.39 is 5.60 Å². The summed E-state index contributed by atoms with van der Waals surface area (Å²) < 4.78 is 5.17. The molecule has 3 nitrogen and oxygen atoms in total. The van der Waals surface area contributed by atoms with Gasteiger partial charge in [0.1, 0.15) is 5.60 Å². The molecule has 0 aromatic carbocycles. The Bertz CT molecular complexity index is 190. The van der Waals surface area contributed by atoms with E-state index in [1.54, 1.807) is 0 Å². The summed E-state index contributed by atoms with van der Waals surface area (Å²) in [6.07, 6.45) is 6.43. The number of hydrogen-bond acceptors (Lipinski definition) is 2. The molecule has 0 heterocycles. The van der Waals surface area contributed by atoms with Crippen LogP contribution in [0, 0.1) is 6.42 Å². The first-order valence-corrected chi connectivity index (χ1v) is 5.30.